The van der Waals surface area contributed by atoms with E-state index >= 15 is 0 Å². The first-order chi connectivity index (χ1) is 13.6. The van der Waals surface area contributed by atoms with Crippen molar-refractivity contribution in [3.05, 3.63) is 89.5 Å². The molecule has 0 saturated heterocycles. The summed E-state index contributed by atoms with van der Waals surface area (Å²) in [6.45, 7) is -1.99. The van der Waals surface area contributed by atoms with Gasteiger partial charge in [0.05, 0.1) is 11.6 Å². The minimum absolute atomic E-state index is 0.108. The molecule has 3 rings (SSSR count). The number of anilines is 1. The van der Waals surface area contributed by atoms with Gasteiger partial charge in [-0.05, 0) is 47.5 Å². The first-order valence-corrected chi connectivity index (χ1v) is 8.62. The van der Waals surface area contributed by atoms with Crippen LogP contribution in [0.25, 0.3) is 0 Å². The van der Waals surface area contributed by atoms with E-state index < -0.39 is 6.61 Å². The van der Waals surface area contributed by atoms with Gasteiger partial charge in [0.25, 0.3) is 0 Å². The number of nitriles is 1. The molecule has 6 heteroatoms. The van der Waals surface area contributed by atoms with Crippen molar-refractivity contribution < 1.29 is 18.3 Å². The summed E-state index contributed by atoms with van der Waals surface area (Å²) in [5, 5.41) is 12.1. The van der Waals surface area contributed by atoms with E-state index in [1.165, 1.54) is 12.1 Å². The monoisotopic (exact) mass is 380 g/mol. The molecule has 0 aliphatic rings. The SMILES string of the molecule is N#Cc1cccc(COc2cccc(CNc3cccc(OC(F)F)c3)c2)c1. The fourth-order valence-electron chi connectivity index (χ4n) is 2.63. The number of ether oxygens (including phenoxy) is 2. The van der Waals surface area contributed by atoms with E-state index in [-0.39, 0.29) is 5.75 Å². The Bertz CT molecular complexity index is 971. The summed E-state index contributed by atoms with van der Waals surface area (Å²) >= 11 is 0. The molecule has 0 spiro atoms. The Balaban J connectivity index is 1.58. The van der Waals surface area contributed by atoms with Crippen LogP contribution < -0.4 is 14.8 Å². The lowest BCUT2D eigenvalue weighted by atomic mass is 10.1. The third-order valence-corrected chi connectivity index (χ3v) is 3.92. The molecule has 0 unspecified atom stereocenters. The van der Waals surface area contributed by atoms with E-state index in [2.05, 4.69) is 16.1 Å². The van der Waals surface area contributed by atoms with Crippen LogP contribution in [0.1, 0.15) is 16.7 Å². The first kappa shape index (κ1) is 19.2. The molecule has 0 bridgehead atoms. The van der Waals surface area contributed by atoms with Crippen molar-refractivity contribution in [3.63, 3.8) is 0 Å². The molecule has 0 amide bonds. The van der Waals surface area contributed by atoms with Crippen LogP contribution in [0.3, 0.4) is 0 Å². The second kappa shape index (κ2) is 9.38. The molecule has 0 radical (unpaired) electrons. The molecule has 0 aliphatic carbocycles. The molecule has 0 aliphatic heterocycles. The van der Waals surface area contributed by atoms with Crippen LogP contribution in [-0.4, -0.2) is 6.61 Å². The van der Waals surface area contributed by atoms with Crippen LogP contribution >= 0.6 is 0 Å². The summed E-state index contributed by atoms with van der Waals surface area (Å²) in [5.41, 5.74) is 3.16. The van der Waals surface area contributed by atoms with Crippen molar-refractivity contribution in [1.29, 1.82) is 5.26 Å². The zero-order valence-electron chi connectivity index (χ0n) is 14.9. The molecule has 1 N–H and O–H groups in total. The Labute approximate surface area is 162 Å². The fraction of sp³-hybridized carbons (Fsp3) is 0.136. The van der Waals surface area contributed by atoms with Gasteiger partial charge in [-0.1, -0.05) is 30.3 Å². The van der Waals surface area contributed by atoms with Gasteiger partial charge in [0.15, 0.2) is 0 Å². The number of nitrogens with one attached hydrogen (secondary N) is 1. The summed E-state index contributed by atoms with van der Waals surface area (Å²) in [4.78, 5) is 0. The van der Waals surface area contributed by atoms with E-state index in [0.717, 1.165) is 11.1 Å². The Kier molecular flexibility index (Phi) is 6.42. The minimum Gasteiger partial charge on any atom is -0.489 e. The standard InChI is InChI=1S/C22H18F2N2O2/c23-22(24)28-21-9-3-7-19(12-21)26-14-17-5-2-8-20(11-17)27-15-18-6-1-4-16(10-18)13-25/h1-12,22,26H,14-15H2. The third-order valence-electron chi connectivity index (χ3n) is 3.92. The number of hydrogen-bond donors (Lipinski definition) is 1. The number of hydrogen-bond acceptors (Lipinski definition) is 4. The van der Waals surface area contributed by atoms with Crippen molar-refractivity contribution in [2.24, 2.45) is 0 Å². The lowest BCUT2D eigenvalue weighted by molar-refractivity contribution is -0.0498. The Morgan fingerprint density at radius 3 is 2.46 bits per heavy atom. The van der Waals surface area contributed by atoms with Gasteiger partial charge in [-0.2, -0.15) is 14.0 Å². The molecule has 3 aromatic carbocycles. The zero-order valence-corrected chi connectivity index (χ0v) is 14.9. The largest absolute Gasteiger partial charge is 0.489 e. The fourth-order valence-corrected chi connectivity index (χ4v) is 2.63. The van der Waals surface area contributed by atoms with E-state index in [0.29, 0.717) is 30.2 Å². The van der Waals surface area contributed by atoms with Gasteiger partial charge in [-0.15, -0.1) is 0 Å². The van der Waals surface area contributed by atoms with Crippen molar-refractivity contribution in [1.82, 2.24) is 0 Å². The number of benzene rings is 3. The van der Waals surface area contributed by atoms with Crippen molar-refractivity contribution in [3.8, 4) is 17.6 Å². The van der Waals surface area contributed by atoms with E-state index in [1.807, 2.05) is 36.4 Å². The van der Waals surface area contributed by atoms with Crippen molar-refractivity contribution in [2.75, 3.05) is 5.32 Å². The Morgan fingerprint density at radius 2 is 1.64 bits per heavy atom. The van der Waals surface area contributed by atoms with Gasteiger partial charge < -0.3 is 14.8 Å². The zero-order chi connectivity index (χ0) is 19.8. The van der Waals surface area contributed by atoms with Gasteiger partial charge in [0.1, 0.15) is 18.1 Å². The number of nitrogens with zero attached hydrogens (tertiary/aromatic N) is 1. The van der Waals surface area contributed by atoms with E-state index in [9.17, 15) is 8.78 Å². The Morgan fingerprint density at radius 1 is 0.893 bits per heavy atom. The smallest absolute Gasteiger partial charge is 0.387 e. The van der Waals surface area contributed by atoms with Crippen molar-refractivity contribution in [2.45, 2.75) is 19.8 Å². The Hall–Kier alpha value is -3.59. The third kappa shape index (κ3) is 5.71. The molecular weight excluding hydrogens is 362 g/mol. The topological polar surface area (TPSA) is 54.3 Å². The second-order valence-corrected chi connectivity index (χ2v) is 6.01. The summed E-state index contributed by atoms with van der Waals surface area (Å²) in [6.07, 6.45) is 0. The van der Waals surface area contributed by atoms with Gasteiger partial charge in [0, 0.05) is 18.3 Å². The van der Waals surface area contributed by atoms with Crippen LogP contribution in [0.15, 0.2) is 72.8 Å². The summed E-state index contributed by atoms with van der Waals surface area (Å²) in [6, 6.07) is 23.4. The highest BCUT2D eigenvalue weighted by Gasteiger charge is 2.05. The van der Waals surface area contributed by atoms with Crippen LogP contribution in [0.4, 0.5) is 14.5 Å². The van der Waals surface area contributed by atoms with Gasteiger partial charge in [-0.25, -0.2) is 0 Å². The van der Waals surface area contributed by atoms with Crippen molar-refractivity contribution >= 4 is 5.69 Å². The van der Waals surface area contributed by atoms with E-state index in [4.69, 9.17) is 10.00 Å². The minimum atomic E-state index is -2.85. The maximum atomic E-state index is 12.3. The number of rotatable bonds is 8. The average molecular weight is 380 g/mol. The average Bonchev–Trinajstić information content (AvgIpc) is 2.71. The molecule has 0 aromatic heterocycles. The van der Waals surface area contributed by atoms with Gasteiger partial charge >= 0.3 is 6.61 Å². The highest BCUT2D eigenvalue weighted by molar-refractivity contribution is 5.48. The molecule has 142 valence electrons. The molecule has 0 fully saturated rings. The van der Waals surface area contributed by atoms with Gasteiger partial charge in [-0.3, -0.25) is 0 Å². The molecule has 0 saturated carbocycles. The van der Waals surface area contributed by atoms with Crippen LogP contribution in [0.5, 0.6) is 11.5 Å². The lowest BCUT2D eigenvalue weighted by Crippen LogP contribution is -2.03. The normalized spacial score (nSPS) is 10.4. The molecule has 0 atom stereocenters. The predicted molar refractivity (Wildman–Crippen MR) is 102 cm³/mol. The van der Waals surface area contributed by atoms with Crippen LogP contribution in [0, 0.1) is 11.3 Å². The van der Waals surface area contributed by atoms with Gasteiger partial charge in [0.2, 0.25) is 0 Å². The van der Waals surface area contributed by atoms with E-state index in [1.54, 1.807) is 24.3 Å². The highest BCUT2D eigenvalue weighted by atomic mass is 19.3. The molecule has 0 heterocycles. The summed E-state index contributed by atoms with van der Waals surface area (Å²) in [7, 11) is 0. The summed E-state index contributed by atoms with van der Waals surface area (Å²) < 4.78 is 34.8. The number of halogens is 2. The highest BCUT2D eigenvalue weighted by Crippen LogP contribution is 2.21. The van der Waals surface area contributed by atoms with Crippen LogP contribution in [-0.2, 0) is 13.2 Å². The molecule has 4 nitrogen and oxygen atoms in total. The first-order valence-electron chi connectivity index (χ1n) is 8.62. The lowest BCUT2D eigenvalue weighted by Gasteiger charge is -2.11. The van der Waals surface area contributed by atoms with Crippen LogP contribution in [0.2, 0.25) is 0 Å². The molecular formula is C22H18F2N2O2. The molecule has 3 aromatic rings. The second-order valence-electron chi connectivity index (χ2n) is 6.01. The number of alkyl halides is 2. The molecule has 28 heavy (non-hydrogen) atoms. The maximum absolute atomic E-state index is 12.3. The quantitative estimate of drug-likeness (QED) is 0.572. The maximum Gasteiger partial charge on any atom is 0.387 e. The summed E-state index contributed by atoms with van der Waals surface area (Å²) in [5.74, 6) is 0.813. The predicted octanol–water partition coefficient (Wildman–Crippen LogP) is 5.35.